The summed E-state index contributed by atoms with van der Waals surface area (Å²) in [5, 5.41) is 10.5. The van der Waals surface area contributed by atoms with Gasteiger partial charge in [-0.15, -0.1) is 0 Å². The summed E-state index contributed by atoms with van der Waals surface area (Å²) in [5.41, 5.74) is 2.09. The number of benzene rings is 1. The van der Waals surface area contributed by atoms with Crippen molar-refractivity contribution in [2.24, 2.45) is 0 Å². The second-order valence-electron chi connectivity index (χ2n) is 2.67. The monoisotopic (exact) mass is 277 g/mol. The number of nitro groups is 1. The average molecular weight is 277 g/mol. The van der Waals surface area contributed by atoms with E-state index in [1.54, 1.807) is 6.07 Å². The number of aryl methyl sites for hydroxylation is 2. The van der Waals surface area contributed by atoms with E-state index >= 15 is 0 Å². The van der Waals surface area contributed by atoms with E-state index in [1.807, 2.05) is 42.5 Å². The predicted octanol–water partition coefficient (Wildman–Crippen LogP) is 2.82. The summed E-state index contributed by atoms with van der Waals surface area (Å²) in [7, 11) is 0. The van der Waals surface area contributed by atoms with E-state index in [2.05, 4.69) is 0 Å². The van der Waals surface area contributed by atoms with E-state index in [9.17, 15) is 10.1 Å². The topological polar surface area (TPSA) is 43.1 Å². The van der Waals surface area contributed by atoms with Crippen LogP contribution in [0.5, 0.6) is 0 Å². The van der Waals surface area contributed by atoms with Gasteiger partial charge in [-0.25, -0.2) is 0 Å². The van der Waals surface area contributed by atoms with E-state index in [-0.39, 0.29) is 10.6 Å². The Morgan fingerprint density at radius 1 is 1.42 bits per heavy atom. The van der Waals surface area contributed by atoms with Gasteiger partial charge in [-0.05, 0) is 47.6 Å². The molecule has 0 aliphatic rings. The molecule has 0 aromatic heterocycles. The zero-order chi connectivity index (χ0) is 9.30. The lowest BCUT2D eigenvalue weighted by Crippen LogP contribution is -1.94. The van der Waals surface area contributed by atoms with Crippen LogP contribution in [0.3, 0.4) is 0 Å². The van der Waals surface area contributed by atoms with Gasteiger partial charge in [0.15, 0.2) is 0 Å². The fourth-order valence-electron chi connectivity index (χ4n) is 1.06. The first kappa shape index (κ1) is 9.44. The lowest BCUT2D eigenvalue weighted by molar-refractivity contribution is -0.385. The number of halogens is 1. The summed E-state index contributed by atoms with van der Waals surface area (Å²) >= 11 is 2.00. The molecule has 0 amide bonds. The lowest BCUT2D eigenvalue weighted by Gasteiger charge is -2.00. The van der Waals surface area contributed by atoms with Crippen molar-refractivity contribution in [3.63, 3.8) is 0 Å². The molecule has 1 aromatic rings. The highest BCUT2D eigenvalue weighted by Crippen LogP contribution is 2.25. The van der Waals surface area contributed by atoms with Crippen LogP contribution >= 0.6 is 22.6 Å². The van der Waals surface area contributed by atoms with Gasteiger partial charge in [0.05, 0.1) is 8.49 Å². The molecule has 1 aromatic carbocycles. The maximum absolute atomic E-state index is 10.5. The van der Waals surface area contributed by atoms with Gasteiger partial charge in [0, 0.05) is 6.07 Å². The van der Waals surface area contributed by atoms with Gasteiger partial charge in [-0.3, -0.25) is 10.1 Å². The van der Waals surface area contributed by atoms with Gasteiger partial charge in [-0.2, -0.15) is 0 Å². The third-order valence-electron chi connectivity index (χ3n) is 1.58. The van der Waals surface area contributed by atoms with Crippen molar-refractivity contribution < 1.29 is 4.92 Å². The smallest absolute Gasteiger partial charge is 0.258 e. The van der Waals surface area contributed by atoms with Gasteiger partial charge in [-0.1, -0.05) is 6.07 Å². The van der Waals surface area contributed by atoms with Crippen molar-refractivity contribution in [1.82, 2.24) is 0 Å². The summed E-state index contributed by atoms with van der Waals surface area (Å²) in [6.45, 7) is 3.73. The molecule has 0 N–H and O–H groups in total. The molecule has 0 radical (unpaired) electrons. The van der Waals surface area contributed by atoms with Gasteiger partial charge >= 0.3 is 0 Å². The number of hydrogen-bond acceptors (Lipinski definition) is 2. The van der Waals surface area contributed by atoms with Crippen LogP contribution < -0.4 is 0 Å². The SMILES string of the molecule is Cc1cc(C)c(I)c([N+](=O)[O-])c1. The highest BCUT2D eigenvalue weighted by molar-refractivity contribution is 14.1. The Balaban J connectivity index is 3.37. The van der Waals surface area contributed by atoms with Gasteiger partial charge in [0.25, 0.3) is 5.69 Å². The Hall–Kier alpha value is -0.650. The van der Waals surface area contributed by atoms with Crippen LogP contribution in [0.2, 0.25) is 0 Å². The third kappa shape index (κ3) is 1.74. The summed E-state index contributed by atoms with van der Waals surface area (Å²) in [4.78, 5) is 10.2. The molecular formula is C8H8INO2. The highest BCUT2D eigenvalue weighted by atomic mass is 127. The minimum Gasteiger partial charge on any atom is -0.258 e. The van der Waals surface area contributed by atoms with E-state index < -0.39 is 0 Å². The van der Waals surface area contributed by atoms with E-state index in [0.29, 0.717) is 0 Å². The van der Waals surface area contributed by atoms with Crippen LogP contribution in [0.4, 0.5) is 5.69 Å². The largest absolute Gasteiger partial charge is 0.283 e. The molecule has 0 aliphatic carbocycles. The molecule has 0 aliphatic heterocycles. The van der Waals surface area contributed by atoms with Crippen molar-refractivity contribution in [2.45, 2.75) is 13.8 Å². The predicted molar refractivity (Wildman–Crippen MR) is 55.3 cm³/mol. The summed E-state index contributed by atoms with van der Waals surface area (Å²) < 4.78 is 0.725. The Kier molecular flexibility index (Phi) is 2.66. The highest BCUT2D eigenvalue weighted by Gasteiger charge is 2.13. The molecule has 0 saturated carbocycles. The van der Waals surface area contributed by atoms with Crippen LogP contribution in [0, 0.1) is 27.5 Å². The molecule has 0 unspecified atom stereocenters. The van der Waals surface area contributed by atoms with Crippen LogP contribution in [0.15, 0.2) is 12.1 Å². The van der Waals surface area contributed by atoms with Crippen molar-refractivity contribution >= 4 is 28.3 Å². The number of hydrogen-bond donors (Lipinski definition) is 0. The van der Waals surface area contributed by atoms with E-state index in [1.165, 1.54) is 0 Å². The zero-order valence-corrected chi connectivity index (χ0v) is 8.95. The Bertz CT molecular complexity index is 336. The molecule has 0 atom stereocenters. The van der Waals surface area contributed by atoms with Crippen molar-refractivity contribution in [3.8, 4) is 0 Å². The molecule has 0 fully saturated rings. The van der Waals surface area contributed by atoms with Gasteiger partial charge in [0.2, 0.25) is 0 Å². The molecule has 1 rings (SSSR count). The molecule has 3 nitrogen and oxygen atoms in total. The second kappa shape index (κ2) is 3.38. The molecule has 0 saturated heterocycles. The van der Waals surface area contributed by atoms with Crippen LogP contribution in [-0.2, 0) is 0 Å². The normalized spacial score (nSPS) is 9.92. The minimum atomic E-state index is -0.345. The molecule has 12 heavy (non-hydrogen) atoms. The molecular weight excluding hydrogens is 269 g/mol. The first-order valence-electron chi connectivity index (χ1n) is 3.43. The Morgan fingerprint density at radius 2 is 2.00 bits per heavy atom. The maximum atomic E-state index is 10.5. The third-order valence-corrected chi connectivity index (χ3v) is 2.98. The van der Waals surface area contributed by atoms with Crippen molar-refractivity contribution in [1.29, 1.82) is 0 Å². The molecule has 0 spiro atoms. The van der Waals surface area contributed by atoms with Crippen LogP contribution in [0.1, 0.15) is 11.1 Å². The first-order valence-corrected chi connectivity index (χ1v) is 4.51. The quantitative estimate of drug-likeness (QED) is 0.450. The number of nitrogens with zero attached hydrogens (tertiary/aromatic N) is 1. The van der Waals surface area contributed by atoms with Gasteiger partial charge in [0.1, 0.15) is 0 Å². The summed E-state index contributed by atoms with van der Waals surface area (Å²) in [5.74, 6) is 0. The Labute approximate surface area is 84.1 Å². The number of rotatable bonds is 1. The van der Waals surface area contributed by atoms with Crippen molar-refractivity contribution in [2.75, 3.05) is 0 Å². The summed E-state index contributed by atoms with van der Waals surface area (Å²) in [6.07, 6.45) is 0. The molecule has 4 heteroatoms. The molecule has 0 bridgehead atoms. The fraction of sp³-hybridized carbons (Fsp3) is 0.250. The zero-order valence-electron chi connectivity index (χ0n) is 6.80. The van der Waals surface area contributed by atoms with Crippen LogP contribution in [0.25, 0.3) is 0 Å². The van der Waals surface area contributed by atoms with Crippen molar-refractivity contribution in [3.05, 3.63) is 36.9 Å². The lowest BCUT2D eigenvalue weighted by atomic mass is 10.1. The number of nitro benzene ring substituents is 1. The average Bonchev–Trinajstić information content (AvgIpc) is 1.96. The fourth-order valence-corrected chi connectivity index (χ4v) is 1.57. The Morgan fingerprint density at radius 3 is 2.50 bits per heavy atom. The molecule has 64 valence electrons. The van der Waals surface area contributed by atoms with Crippen LogP contribution in [-0.4, -0.2) is 4.92 Å². The summed E-state index contributed by atoms with van der Waals surface area (Å²) in [6, 6.07) is 3.53. The first-order chi connectivity index (χ1) is 5.52. The minimum absolute atomic E-state index is 0.202. The standard InChI is InChI=1S/C8H8INO2/c1-5-3-6(2)8(9)7(4-5)10(11)12/h3-4H,1-2H3. The molecule has 0 heterocycles. The van der Waals surface area contributed by atoms with E-state index in [0.717, 1.165) is 14.7 Å². The van der Waals surface area contributed by atoms with Gasteiger partial charge < -0.3 is 0 Å². The maximum Gasteiger partial charge on any atom is 0.283 e. The van der Waals surface area contributed by atoms with E-state index in [4.69, 9.17) is 0 Å². The second-order valence-corrected chi connectivity index (χ2v) is 3.75.